The van der Waals surface area contributed by atoms with Gasteiger partial charge in [0.25, 0.3) is 0 Å². The van der Waals surface area contributed by atoms with Gasteiger partial charge in [-0.1, -0.05) is 50.6 Å². The van der Waals surface area contributed by atoms with Crippen molar-refractivity contribution in [2.45, 2.75) is 64.8 Å². The summed E-state index contributed by atoms with van der Waals surface area (Å²) in [5.41, 5.74) is 2.99. The second-order valence-electron chi connectivity index (χ2n) is 7.89. The van der Waals surface area contributed by atoms with Gasteiger partial charge in [-0.15, -0.1) is 0 Å². The van der Waals surface area contributed by atoms with E-state index in [1.165, 1.54) is 22.0 Å². The molecule has 0 amide bonds. The highest BCUT2D eigenvalue weighted by Crippen LogP contribution is 2.48. The number of carbonyl (C=O) groups excluding carboxylic acids is 1. The zero-order valence-electron chi connectivity index (χ0n) is 16.5. The van der Waals surface area contributed by atoms with Crippen LogP contribution in [0.4, 0.5) is 5.69 Å². The fraction of sp³-hybridized carbons (Fsp3) is 0.522. The third-order valence-electron chi connectivity index (χ3n) is 5.96. The molecule has 2 aromatic carbocycles. The number of esters is 1. The van der Waals surface area contributed by atoms with Gasteiger partial charge in [0.2, 0.25) is 0 Å². The van der Waals surface area contributed by atoms with Crippen molar-refractivity contribution >= 4 is 22.4 Å². The van der Waals surface area contributed by atoms with Crippen molar-refractivity contribution < 1.29 is 9.53 Å². The lowest BCUT2D eigenvalue weighted by atomic mass is 9.79. The molecule has 1 aliphatic rings. The molecule has 0 bridgehead atoms. The Kier molecular flexibility index (Phi) is 5.55. The van der Waals surface area contributed by atoms with Crippen molar-refractivity contribution in [2.24, 2.45) is 0 Å². The third-order valence-corrected chi connectivity index (χ3v) is 5.96. The highest BCUT2D eigenvalue weighted by Gasteiger charge is 2.42. The summed E-state index contributed by atoms with van der Waals surface area (Å²) < 4.78 is 5.00. The van der Waals surface area contributed by atoms with Crippen LogP contribution in [0.25, 0.3) is 10.8 Å². The minimum Gasteiger partial charge on any atom is -0.466 e. The van der Waals surface area contributed by atoms with Gasteiger partial charge in [0.05, 0.1) is 6.61 Å². The molecule has 0 spiro atoms. The number of carbonyl (C=O) groups is 1. The normalized spacial score (nSPS) is 18.2. The summed E-state index contributed by atoms with van der Waals surface area (Å²) in [6.07, 6.45) is 3.61. The maximum absolute atomic E-state index is 11.5. The van der Waals surface area contributed by atoms with E-state index >= 15 is 0 Å². The van der Waals surface area contributed by atoms with E-state index in [0.717, 1.165) is 25.8 Å². The molecule has 1 aliphatic heterocycles. The van der Waals surface area contributed by atoms with Crippen molar-refractivity contribution in [1.82, 2.24) is 0 Å². The molecule has 0 aliphatic carbocycles. The molecule has 3 heteroatoms. The summed E-state index contributed by atoms with van der Waals surface area (Å²) in [4.78, 5) is 14.0. The molecule has 26 heavy (non-hydrogen) atoms. The lowest BCUT2D eigenvalue weighted by molar-refractivity contribution is -0.143. The van der Waals surface area contributed by atoms with Crippen molar-refractivity contribution in [1.29, 1.82) is 0 Å². The Balaban J connectivity index is 1.71. The first-order valence-electron chi connectivity index (χ1n) is 9.91. The SMILES string of the molecule is CCOC(=O)CCCCCN1c2ccc3ccccc3c2C(C)(C)C1C. The molecule has 0 radical (unpaired) electrons. The first-order valence-corrected chi connectivity index (χ1v) is 9.91. The van der Waals surface area contributed by atoms with Crippen LogP contribution in [0.5, 0.6) is 0 Å². The second-order valence-corrected chi connectivity index (χ2v) is 7.89. The van der Waals surface area contributed by atoms with Crippen LogP contribution in [-0.4, -0.2) is 25.2 Å². The first-order chi connectivity index (χ1) is 12.5. The number of benzene rings is 2. The number of nitrogens with zero attached hydrogens (tertiary/aromatic N) is 1. The summed E-state index contributed by atoms with van der Waals surface area (Å²) >= 11 is 0. The third kappa shape index (κ3) is 3.44. The molecule has 0 N–H and O–H groups in total. The Hall–Kier alpha value is -2.03. The first kappa shape index (κ1) is 18.8. The highest BCUT2D eigenvalue weighted by atomic mass is 16.5. The van der Waals surface area contributed by atoms with Crippen LogP contribution in [0.15, 0.2) is 36.4 Å². The van der Waals surface area contributed by atoms with Crippen molar-refractivity contribution in [3.05, 3.63) is 42.0 Å². The summed E-state index contributed by atoms with van der Waals surface area (Å²) in [7, 11) is 0. The zero-order chi connectivity index (χ0) is 18.7. The molecule has 0 aromatic heterocycles. The van der Waals surface area contributed by atoms with E-state index in [-0.39, 0.29) is 11.4 Å². The number of anilines is 1. The topological polar surface area (TPSA) is 29.5 Å². The van der Waals surface area contributed by atoms with Crippen LogP contribution < -0.4 is 4.90 Å². The Bertz CT molecular complexity index is 781. The van der Waals surface area contributed by atoms with Gasteiger partial charge >= 0.3 is 5.97 Å². The number of ether oxygens (including phenoxy) is 1. The number of rotatable bonds is 7. The molecular formula is C23H31NO2. The smallest absolute Gasteiger partial charge is 0.305 e. The molecule has 3 nitrogen and oxygen atoms in total. The molecule has 0 saturated carbocycles. The van der Waals surface area contributed by atoms with Gasteiger partial charge in [0.15, 0.2) is 0 Å². The summed E-state index contributed by atoms with van der Waals surface area (Å²) in [6, 6.07) is 13.7. The fourth-order valence-electron chi connectivity index (χ4n) is 4.26. The minimum absolute atomic E-state index is 0.0695. The van der Waals surface area contributed by atoms with E-state index in [1.807, 2.05) is 6.92 Å². The van der Waals surface area contributed by atoms with Gasteiger partial charge in [-0.05, 0) is 49.1 Å². The van der Waals surface area contributed by atoms with Crippen LogP contribution in [0.1, 0.15) is 58.9 Å². The largest absolute Gasteiger partial charge is 0.466 e. The van der Waals surface area contributed by atoms with E-state index in [9.17, 15) is 4.79 Å². The van der Waals surface area contributed by atoms with Gasteiger partial charge in [-0.25, -0.2) is 0 Å². The van der Waals surface area contributed by atoms with Gasteiger partial charge in [0, 0.05) is 30.1 Å². The Morgan fingerprint density at radius 2 is 1.88 bits per heavy atom. The molecule has 1 atom stereocenters. The minimum atomic E-state index is -0.0695. The average Bonchev–Trinajstić information content (AvgIpc) is 2.82. The Morgan fingerprint density at radius 3 is 2.65 bits per heavy atom. The highest BCUT2D eigenvalue weighted by molar-refractivity contribution is 5.93. The lowest BCUT2D eigenvalue weighted by Gasteiger charge is -2.31. The summed E-state index contributed by atoms with van der Waals surface area (Å²) in [6.45, 7) is 10.4. The maximum atomic E-state index is 11.5. The van der Waals surface area contributed by atoms with Crippen LogP contribution in [-0.2, 0) is 14.9 Å². The molecule has 2 aromatic rings. The van der Waals surface area contributed by atoms with Gasteiger partial charge in [-0.3, -0.25) is 4.79 Å². The predicted octanol–water partition coefficient (Wildman–Crippen LogP) is 5.45. The Labute approximate surface area is 157 Å². The molecular weight excluding hydrogens is 322 g/mol. The van der Waals surface area contributed by atoms with E-state index in [1.54, 1.807) is 0 Å². The maximum Gasteiger partial charge on any atom is 0.305 e. The van der Waals surface area contributed by atoms with Crippen LogP contribution >= 0.6 is 0 Å². The molecule has 1 heterocycles. The number of hydrogen-bond donors (Lipinski definition) is 0. The number of fused-ring (bicyclic) bond motifs is 3. The van der Waals surface area contributed by atoms with E-state index in [0.29, 0.717) is 19.1 Å². The van der Waals surface area contributed by atoms with E-state index in [2.05, 4.69) is 62.1 Å². The second kappa shape index (κ2) is 7.69. The van der Waals surface area contributed by atoms with Crippen LogP contribution in [0.3, 0.4) is 0 Å². The van der Waals surface area contributed by atoms with E-state index < -0.39 is 0 Å². The molecule has 0 saturated heterocycles. The lowest BCUT2D eigenvalue weighted by Crippen LogP contribution is -2.39. The van der Waals surface area contributed by atoms with Gasteiger partial charge < -0.3 is 9.64 Å². The molecule has 0 fully saturated rings. The van der Waals surface area contributed by atoms with Gasteiger partial charge in [0.1, 0.15) is 0 Å². The number of hydrogen-bond acceptors (Lipinski definition) is 3. The molecule has 1 unspecified atom stereocenters. The predicted molar refractivity (Wildman–Crippen MR) is 109 cm³/mol. The number of unbranched alkanes of at least 4 members (excludes halogenated alkanes) is 2. The van der Waals surface area contributed by atoms with Crippen molar-refractivity contribution in [2.75, 3.05) is 18.1 Å². The fourth-order valence-corrected chi connectivity index (χ4v) is 4.26. The zero-order valence-corrected chi connectivity index (χ0v) is 16.5. The monoisotopic (exact) mass is 353 g/mol. The average molecular weight is 354 g/mol. The molecule has 140 valence electrons. The Morgan fingerprint density at radius 1 is 1.12 bits per heavy atom. The molecule has 3 rings (SSSR count). The van der Waals surface area contributed by atoms with Crippen LogP contribution in [0, 0.1) is 0 Å². The van der Waals surface area contributed by atoms with Crippen molar-refractivity contribution in [3.63, 3.8) is 0 Å². The summed E-state index contributed by atoms with van der Waals surface area (Å²) in [5, 5.41) is 2.70. The summed E-state index contributed by atoms with van der Waals surface area (Å²) in [5.74, 6) is -0.0695. The van der Waals surface area contributed by atoms with Crippen molar-refractivity contribution in [3.8, 4) is 0 Å². The van der Waals surface area contributed by atoms with Gasteiger partial charge in [-0.2, -0.15) is 0 Å². The quantitative estimate of drug-likeness (QED) is 0.490. The van der Waals surface area contributed by atoms with Crippen LogP contribution in [0.2, 0.25) is 0 Å². The van der Waals surface area contributed by atoms with E-state index in [4.69, 9.17) is 4.74 Å². The standard InChI is InChI=1S/C23H31NO2/c1-5-26-21(25)13-7-6-10-16-24-17(2)23(3,4)22-19-12-9-8-11-18(19)14-15-20(22)24/h8-9,11-12,14-15,17H,5-7,10,13,16H2,1-4H3.